The van der Waals surface area contributed by atoms with Gasteiger partial charge in [-0.2, -0.15) is 0 Å². The largest absolute Gasteiger partial charge is 0.377 e. The lowest BCUT2D eigenvalue weighted by atomic mass is 10.1. The molecule has 3 nitrogen and oxygen atoms in total. The molecule has 1 aromatic heterocycles. The second kappa shape index (κ2) is 7.39. The predicted octanol–water partition coefficient (Wildman–Crippen LogP) is 2.86. The van der Waals surface area contributed by atoms with E-state index in [2.05, 4.69) is 43.2 Å². The molecule has 1 aliphatic rings. The van der Waals surface area contributed by atoms with Crippen molar-refractivity contribution in [1.29, 1.82) is 0 Å². The zero-order chi connectivity index (χ0) is 13.7. The quantitative estimate of drug-likeness (QED) is 0.778. The van der Waals surface area contributed by atoms with Crippen LogP contribution >= 0.6 is 11.3 Å². The molecule has 0 aliphatic carbocycles. The van der Waals surface area contributed by atoms with Crippen molar-refractivity contribution in [2.45, 2.75) is 51.9 Å². The van der Waals surface area contributed by atoms with E-state index >= 15 is 0 Å². The monoisotopic (exact) mass is 282 g/mol. The highest BCUT2D eigenvalue weighted by Gasteiger charge is 2.27. The lowest BCUT2D eigenvalue weighted by molar-refractivity contribution is 0.0817. The fourth-order valence-corrected chi connectivity index (χ4v) is 3.70. The van der Waals surface area contributed by atoms with Gasteiger partial charge in [-0.1, -0.05) is 6.92 Å². The van der Waals surface area contributed by atoms with Crippen molar-refractivity contribution in [1.82, 2.24) is 10.2 Å². The fraction of sp³-hybridized carbons (Fsp3) is 0.733. The van der Waals surface area contributed by atoms with Gasteiger partial charge in [-0.3, -0.25) is 4.90 Å². The number of thiophene rings is 1. The van der Waals surface area contributed by atoms with Crippen molar-refractivity contribution in [3.8, 4) is 0 Å². The molecule has 0 spiro atoms. The Morgan fingerprint density at radius 3 is 2.89 bits per heavy atom. The van der Waals surface area contributed by atoms with Crippen molar-refractivity contribution < 1.29 is 4.74 Å². The summed E-state index contributed by atoms with van der Waals surface area (Å²) in [5.74, 6) is 0. The summed E-state index contributed by atoms with van der Waals surface area (Å²) < 4.78 is 5.65. The van der Waals surface area contributed by atoms with Crippen molar-refractivity contribution in [2.24, 2.45) is 0 Å². The van der Waals surface area contributed by atoms with E-state index in [1.54, 1.807) is 0 Å². The summed E-state index contributed by atoms with van der Waals surface area (Å²) in [7, 11) is 2.21. The maximum absolute atomic E-state index is 5.65. The Bertz CT molecular complexity index is 380. The van der Waals surface area contributed by atoms with Crippen molar-refractivity contribution in [2.75, 3.05) is 20.2 Å². The van der Waals surface area contributed by atoms with Gasteiger partial charge in [-0.25, -0.2) is 0 Å². The van der Waals surface area contributed by atoms with E-state index in [-0.39, 0.29) is 0 Å². The lowest BCUT2D eigenvalue weighted by Gasteiger charge is -2.25. The smallest absolute Gasteiger partial charge is 0.0703 e. The van der Waals surface area contributed by atoms with E-state index < -0.39 is 0 Å². The number of nitrogens with zero attached hydrogens (tertiary/aromatic N) is 1. The zero-order valence-electron chi connectivity index (χ0n) is 12.3. The van der Waals surface area contributed by atoms with Crippen LogP contribution in [0.25, 0.3) is 0 Å². The third kappa shape index (κ3) is 4.28. The van der Waals surface area contributed by atoms with Crippen LogP contribution in [0.15, 0.2) is 12.1 Å². The van der Waals surface area contributed by atoms with Gasteiger partial charge < -0.3 is 10.1 Å². The standard InChI is InChI=1S/C15H26N2OS/c1-4-8-16-10-13-5-6-14(19-13)11-17(3)15-7-9-18-12(15)2/h5-6,12,15-16H,4,7-11H2,1-3H3. The average Bonchev–Trinajstić information content (AvgIpc) is 2.99. The van der Waals surface area contributed by atoms with Gasteiger partial charge >= 0.3 is 0 Å². The molecule has 0 radical (unpaired) electrons. The highest BCUT2D eigenvalue weighted by Crippen LogP contribution is 2.23. The van der Waals surface area contributed by atoms with E-state index in [0.29, 0.717) is 12.1 Å². The third-order valence-electron chi connectivity index (χ3n) is 3.75. The van der Waals surface area contributed by atoms with Crippen LogP contribution in [-0.4, -0.2) is 37.2 Å². The first-order chi connectivity index (χ1) is 9.20. The molecule has 19 heavy (non-hydrogen) atoms. The van der Waals surface area contributed by atoms with Crippen LogP contribution in [0.5, 0.6) is 0 Å². The lowest BCUT2D eigenvalue weighted by Crippen LogP contribution is -2.35. The van der Waals surface area contributed by atoms with Gasteiger partial charge in [0.05, 0.1) is 6.10 Å². The summed E-state index contributed by atoms with van der Waals surface area (Å²) in [6, 6.07) is 5.10. The Balaban J connectivity index is 1.82. The Labute approximate surface area is 121 Å². The molecule has 1 fully saturated rings. The summed E-state index contributed by atoms with van der Waals surface area (Å²) >= 11 is 1.93. The number of ether oxygens (including phenoxy) is 1. The van der Waals surface area contributed by atoms with Crippen LogP contribution in [0.3, 0.4) is 0 Å². The summed E-state index contributed by atoms with van der Waals surface area (Å²) in [5.41, 5.74) is 0. The van der Waals surface area contributed by atoms with E-state index in [4.69, 9.17) is 4.74 Å². The normalized spacial score (nSPS) is 23.4. The molecule has 0 saturated carbocycles. The highest BCUT2D eigenvalue weighted by molar-refractivity contribution is 7.11. The van der Waals surface area contributed by atoms with Crippen molar-refractivity contribution >= 4 is 11.3 Å². The van der Waals surface area contributed by atoms with Crippen LogP contribution in [0, 0.1) is 0 Å². The number of likely N-dealkylation sites (N-methyl/N-ethyl adjacent to an activating group) is 1. The molecule has 2 heterocycles. The third-order valence-corrected chi connectivity index (χ3v) is 4.82. The minimum absolute atomic E-state index is 0.371. The van der Waals surface area contributed by atoms with E-state index in [1.165, 1.54) is 16.2 Å². The summed E-state index contributed by atoms with van der Waals surface area (Å²) in [4.78, 5) is 5.33. The molecule has 0 bridgehead atoms. The Morgan fingerprint density at radius 2 is 2.21 bits per heavy atom. The minimum atomic E-state index is 0.371. The number of hydrogen-bond donors (Lipinski definition) is 1. The SMILES string of the molecule is CCCNCc1ccc(CN(C)C2CCOC2C)s1. The van der Waals surface area contributed by atoms with E-state index in [1.807, 2.05) is 11.3 Å². The first kappa shape index (κ1) is 15.0. The molecule has 1 aliphatic heterocycles. The van der Waals surface area contributed by atoms with E-state index in [9.17, 15) is 0 Å². The molecule has 2 atom stereocenters. The molecule has 0 aromatic carbocycles. The first-order valence-electron chi connectivity index (χ1n) is 7.31. The Morgan fingerprint density at radius 1 is 1.42 bits per heavy atom. The molecule has 2 rings (SSSR count). The van der Waals surface area contributed by atoms with Gasteiger partial charge in [-0.15, -0.1) is 11.3 Å². The van der Waals surface area contributed by atoms with Crippen molar-refractivity contribution in [3.63, 3.8) is 0 Å². The molecule has 2 unspecified atom stereocenters. The Kier molecular flexibility index (Phi) is 5.82. The maximum atomic E-state index is 5.65. The molecule has 108 valence electrons. The fourth-order valence-electron chi connectivity index (χ4n) is 2.65. The zero-order valence-corrected chi connectivity index (χ0v) is 13.1. The second-order valence-corrected chi connectivity index (χ2v) is 6.64. The van der Waals surface area contributed by atoms with Crippen LogP contribution in [0.2, 0.25) is 0 Å². The second-order valence-electron chi connectivity index (χ2n) is 5.39. The Hall–Kier alpha value is -0.420. The summed E-state index contributed by atoms with van der Waals surface area (Å²) in [6.45, 7) is 8.44. The minimum Gasteiger partial charge on any atom is -0.377 e. The van der Waals surface area contributed by atoms with Gasteiger partial charge in [0, 0.05) is 35.5 Å². The molecule has 1 N–H and O–H groups in total. The molecule has 4 heteroatoms. The topological polar surface area (TPSA) is 24.5 Å². The average molecular weight is 282 g/mol. The van der Waals surface area contributed by atoms with Crippen LogP contribution in [-0.2, 0) is 17.8 Å². The van der Waals surface area contributed by atoms with Crippen LogP contribution in [0.1, 0.15) is 36.4 Å². The number of rotatable bonds is 7. The molecular formula is C15H26N2OS. The summed E-state index contributed by atoms with van der Waals surface area (Å²) in [6.07, 6.45) is 2.73. The molecule has 1 aromatic rings. The van der Waals surface area contributed by atoms with Gasteiger partial charge in [0.2, 0.25) is 0 Å². The number of nitrogens with one attached hydrogen (secondary N) is 1. The van der Waals surface area contributed by atoms with Gasteiger partial charge in [0.25, 0.3) is 0 Å². The predicted molar refractivity (Wildman–Crippen MR) is 81.6 cm³/mol. The summed E-state index contributed by atoms with van der Waals surface area (Å²) in [5, 5.41) is 3.46. The maximum Gasteiger partial charge on any atom is 0.0703 e. The molecule has 0 amide bonds. The van der Waals surface area contributed by atoms with Crippen molar-refractivity contribution in [3.05, 3.63) is 21.9 Å². The first-order valence-corrected chi connectivity index (χ1v) is 8.12. The van der Waals surface area contributed by atoms with Gasteiger partial charge in [-0.05, 0) is 45.5 Å². The van der Waals surface area contributed by atoms with Gasteiger partial charge in [0.15, 0.2) is 0 Å². The van der Waals surface area contributed by atoms with E-state index in [0.717, 1.165) is 32.7 Å². The van der Waals surface area contributed by atoms with Crippen LogP contribution < -0.4 is 5.32 Å². The highest BCUT2D eigenvalue weighted by atomic mass is 32.1. The van der Waals surface area contributed by atoms with Crippen LogP contribution in [0.4, 0.5) is 0 Å². The molecular weight excluding hydrogens is 256 g/mol. The number of hydrogen-bond acceptors (Lipinski definition) is 4. The van der Waals surface area contributed by atoms with Gasteiger partial charge in [0.1, 0.15) is 0 Å². The molecule has 1 saturated heterocycles.